The predicted octanol–water partition coefficient (Wildman–Crippen LogP) is 29.7. The lowest BCUT2D eigenvalue weighted by Gasteiger charge is -2.17. The van der Waals surface area contributed by atoms with Crippen molar-refractivity contribution in [1.82, 2.24) is 39.9 Å². The van der Waals surface area contributed by atoms with Crippen LogP contribution in [0.4, 0.5) is 0 Å². The van der Waals surface area contributed by atoms with Gasteiger partial charge in [-0.1, -0.05) is 297 Å². The number of nitrogens with zero attached hydrogens (tertiary/aromatic N) is 8. The molecule has 0 spiro atoms. The van der Waals surface area contributed by atoms with Crippen LogP contribution >= 0.6 is 0 Å². The molecule has 0 aliphatic carbocycles. The molecular weight excluding hydrogens is 1480 g/mol. The molecule has 8 heterocycles. The summed E-state index contributed by atoms with van der Waals surface area (Å²) in [7, 11) is 0. The molecule has 0 amide bonds. The van der Waals surface area contributed by atoms with Crippen molar-refractivity contribution in [3.05, 3.63) is 413 Å². The first-order valence-corrected chi connectivity index (χ1v) is 41.3. The van der Waals surface area contributed by atoms with Gasteiger partial charge in [0.1, 0.15) is 0 Å². The Bertz CT molecular complexity index is 8620. The average molecular weight is 1550 g/mol. The van der Waals surface area contributed by atoms with Crippen LogP contribution in [0.15, 0.2) is 413 Å². The van der Waals surface area contributed by atoms with Crippen molar-refractivity contribution in [2.75, 3.05) is 0 Å². The molecule has 8 aromatic heterocycles. The highest BCUT2D eigenvalue weighted by Gasteiger charge is 2.22. The summed E-state index contributed by atoms with van der Waals surface area (Å²) in [6, 6.07) is 142. The van der Waals surface area contributed by atoms with Crippen molar-refractivity contribution < 1.29 is 0 Å². The van der Waals surface area contributed by atoms with Crippen molar-refractivity contribution in [2.24, 2.45) is 0 Å². The van der Waals surface area contributed by atoms with Crippen LogP contribution in [-0.4, -0.2) is 39.9 Å². The highest BCUT2D eigenvalue weighted by atomic mass is 14.8. The number of hydrogen-bond acceptors (Lipinski definition) is 8. The predicted molar refractivity (Wildman–Crippen MR) is 509 cm³/mol. The molecule has 0 saturated heterocycles. The van der Waals surface area contributed by atoms with E-state index in [0.29, 0.717) is 0 Å². The SMILES string of the molecule is c1ccc(-c2c3ccccc3c(-c3ccc4cc(-c5ccc6nc(-c7ccc(-c8ccc9ccc%10cccnc%10c9n8)c8ccccc78)ccc6c5)ccc4n3)c3ccccc23)cc1.c1ccc2c(c1)cc(-c1ccc3cc(-c4ccc5nc(-c6ccc(-c7ccc8ccc9cccnc9c8n7)c7ccccc67)ccc5c4)ccc3n1)c1ccccc12. The van der Waals surface area contributed by atoms with Gasteiger partial charge in [0.15, 0.2) is 0 Å². The quantitative estimate of drug-likeness (QED) is 0.104. The third-order valence-electron chi connectivity index (χ3n) is 24.5. The number of hydrogen-bond donors (Lipinski definition) is 0. The van der Waals surface area contributed by atoms with E-state index in [1.54, 1.807) is 0 Å². The molecule has 564 valence electrons. The Morgan fingerprint density at radius 2 is 0.426 bits per heavy atom. The van der Waals surface area contributed by atoms with Crippen LogP contribution in [0.2, 0.25) is 0 Å². The molecule has 0 bridgehead atoms. The van der Waals surface area contributed by atoms with Gasteiger partial charge in [-0.3, -0.25) is 9.97 Å². The van der Waals surface area contributed by atoms with Crippen molar-refractivity contribution in [2.45, 2.75) is 0 Å². The lowest BCUT2D eigenvalue weighted by Crippen LogP contribution is -1.93. The fourth-order valence-electron chi connectivity index (χ4n) is 18.6. The summed E-state index contributed by atoms with van der Waals surface area (Å²) < 4.78 is 0. The highest BCUT2D eigenvalue weighted by molar-refractivity contribution is 6.22. The second-order valence-corrected chi connectivity index (χ2v) is 31.5. The number of fused-ring (bicyclic) bond motifs is 17. The summed E-state index contributed by atoms with van der Waals surface area (Å²) in [6.07, 6.45) is 3.67. The van der Waals surface area contributed by atoms with Gasteiger partial charge in [0.25, 0.3) is 0 Å². The number of pyridine rings is 8. The minimum Gasteiger partial charge on any atom is -0.254 e. The minimum atomic E-state index is 0.914. The summed E-state index contributed by atoms with van der Waals surface area (Å²) in [5, 5.41) is 23.1. The Kier molecular flexibility index (Phi) is 16.5. The number of benzene rings is 17. The third kappa shape index (κ3) is 12.0. The smallest absolute Gasteiger partial charge is 0.0972 e. The normalized spacial score (nSPS) is 11.8. The molecule has 8 nitrogen and oxygen atoms in total. The van der Waals surface area contributed by atoms with Crippen LogP contribution in [0, 0.1) is 0 Å². The molecule has 25 rings (SSSR count). The van der Waals surface area contributed by atoms with Crippen molar-refractivity contribution in [1.29, 1.82) is 0 Å². The van der Waals surface area contributed by atoms with Crippen LogP contribution in [-0.2, 0) is 0 Å². The molecule has 0 radical (unpaired) electrons. The maximum absolute atomic E-state index is 5.32. The van der Waals surface area contributed by atoms with E-state index in [1.807, 2.05) is 24.5 Å². The van der Waals surface area contributed by atoms with E-state index in [-0.39, 0.29) is 0 Å². The van der Waals surface area contributed by atoms with Gasteiger partial charge in [0, 0.05) is 88.9 Å². The summed E-state index contributed by atoms with van der Waals surface area (Å²) in [6.45, 7) is 0. The van der Waals surface area contributed by atoms with E-state index in [0.717, 1.165) is 199 Å². The van der Waals surface area contributed by atoms with Gasteiger partial charge in [-0.25, -0.2) is 29.9 Å². The lowest BCUT2D eigenvalue weighted by molar-refractivity contribution is 1.37. The maximum Gasteiger partial charge on any atom is 0.0972 e. The first-order valence-electron chi connectivity index (χ1n) is 41.3. The van der Waals surface area contributed by atoms with Crippen LogP contribution in [0.25, 0.3) is 253 Å². The molecule has 0 N–H and O–H groups in total. The largest absolute Gasteiger partial charge is 0.254 e. The molecule has 0 aliphatic heterocycles. The standard InChI is InChI=1S/C60H36N4.C54H32N4/c1-2-11-37(12-3-1)57-48-16-6-8-18-50(48)58(51-19-9-7-17-49(51)57)56-33-26-43-36-41(24-30-53(43)63-56)40-23-29-52-42(35-40)25-32-54(62-52)46-27-28-47(45-15-5-4-14-44(45)46)55-31-22-39-21-20-38-13-10-34-61-59(38)60(39)64-55;1-2-10-40-37(8-1)32-47(44-14-6-3-11-41(40)44)52-28-21-39-31-36(19-25-49(39)57-52)35-18-24-48-38(30-35)20-27-50(56-48)45-22-23-46(43-13-5-4-12-42(43)45)51-26-17-34-16-15-33-9-7-29-55-53(33)54(34)58-51/h1-36H;1-32H. The Morgan fingerprint density at radius 1 is 0.139 bits per heavy atom. The van der Waals surface area contributed by atoms with Crippen LogP contribution in [0.3, 0.4) is 0 Å². The number of aromatic nitrogens is 8. The molecule has 0 fully saturated rings. The van der Waals surface area contributed by atoms with Gasteiger partial charge in [-0.15, -0.1) is 0 Å². The van der Waals surface area contributed by atoms with E-state index in [2.05, 4.69) is 398 Å². The monoisotopic (exact) mass is 1550 g/mol. The minimum absolute atomic E-state index is 0.914. The van der Waals surface area contributed by atoms with Gasteiger partial charge < -0.3 is 0 Å². The van der Waals surface area contributed by atoms with Gasteiger partial charge in [0.2, 0.25) is 0 Å². The summed E-state index contributed by atoms with van der Waals surface area (Å²) >= 11 is 0. The van der Waals surface area contributed by atoms with Crippen LogP contribution in [0.1, 0.15) is 0 Å². The molecular formula is C114H68N8. The van der Waals surface area contributed by atoms with Crippen molar-refractivity contribution >= 4 is 152 Å². The Labute approximate surface area is 700 Å². The first-order chi connectivity index (χ1) is 60.4. The second kappa shape index (κ2) is 28.7. The van der Waals surface area contributed by atoms with E-state index in [4.69, 9.17) is 29.9 Å². The van der Waals surface area contributed by atoms with E-state index < -0.39 is 0 Å². The zero-order valence-electron chi connectivity index (χ0n) is 65.8. The Hall–Kier alpha value is -16.4. The fourth-order valence-corrected chi connectivity index (χ4v) is 18.6. The molecule has 0 unspecified atom stereocenters. The maximum atomic E-state index is 5.32. The third-order valence-corrected chi connectivity index (χ3v) is 24.5. The van der Waals surface area contributed by atoms with Gasteiger partial charge in [-0.05, 0) is 201 Å². The van der Waals surface area contributed by atoms with Crippen molar-refractivity contribution in [3.63, 3.8) is 0 Å². The Morgan fingerprint density at radius 3 is 0.836 bits per heavy atom. The molecule has 0 atom stereocenters. The Balaban J connectivity index is 0.000000139. The first kappa shape index (κ1) is 69.8. The van der Waals surface area contributed by atoms with E-state index >= 15 is 0 Å². The summed E-state index contributed by atoms with van der Waals surface area (Å²) in [5.41, 5.74) is 26.9. The summed E-state index contributed by atoms with van der Waals surface area (Å²) in [4.78, 5) is 40.6. The summed E-state index contributed by atoms with van der Waals surface area (Å²) in [5.74, 6) is 0. The molecule has 17 aromatic carbocycles. The molecule has 25 aromatic rings. The van der Waals surface area contributed by atoms with E-state index in [9.17, 15) is 0 Å². The van der Waals surface area contributed by atoms with Gasteiger partial charge in [-0.2, -0.15) is 0 Å². The fraction of sp³-hybridized carbons (Fsp3) is 0. The van der Waals surface area contributed by atoms with E-state index in [1.165, 1.54) is 54.2 Å². The van der Waals surface area contributed by atoms with Gasteiger partial charge >= 0.3 is 0 Å². The zero-order valence-corrected chi connectivity index (χ0v) is 65.8. The van der Waals surface area contributed by atoms with Crippen LogP contribution < -0.4 is 0 Å². The van der Waals surface area contributed by atoms with Crippen LogP contribution in [0.5, 0.6) is 0 Å². The molecule has 8 heteroatoms. The zero-order chi connectivity index (χ0) is 80.3. The van der Waals surface area contributed by atoms with Crippen molar-refractivity contribution in [3.8, 4) is 101 Å². The average Bonchev–Trinajstić information content (AvgIpc) is 0.719. The second-order valence-electron chi connectivity index (χ2n) is 31.5. The highest BCUT2D eigenvalue weighted by Crippen LogP contribution is 2.46. The molecule has 0 saturated carbocycles. The van der Waals surface area contributed by atoms with Gasteiger partial charge in [0.05, 0.1) is 78.3 Å². The molecule has 0 aliphatic rings. The topological polar surface area (TPSA) is 103 Å². The number of rotatable bonds is 9. The lowest BCUT2D eigenvalue weighted by atomic mass is 9.87. The molecule has 122 heavy (non-hydrogen) atoms.